The number of phenols is 1. The molecular weight excluding hydrogens is 294 g/mol. The van der Waals surface area contributed by atoms with Crippen LogP contribution < -0.4 is 4.74 Å². The van der Waals surface area contributed by atoms with Crippen LogP contribution in [-0.2, 0) is 13.2 Å². The van der Waals surface area contributed by atoms with E-state index < -0.39 is 0 Å². The summed E-state index contributed by atoms with van der Waals surface area (Å²) in [5, 5.41) is 13.9. The van der Waals surface area contributed by atoms with Crippen molar-refractivity contribution in [2.45, 2.75) is 13.2 Å². The molecule has 1 aromatic heterocycles. The van der Waals surface area contributed by atoms with Crippen molar-refractivity contribution < 1.29 is 14.6 Å². The molecule has 0 unspecified atom stereocenters. The van der Waals surface area contributed by atoms with Crippen LogP contribution in [0, 0.1) is 0 Å². The van der Waals surface area contributed by atoms with E-state index >= 15 is 0 Å². The van der Waals surface area contributed by atoms with Gasteiger partial charge in [0.1, 0.15) is 37.3 Å². The molecule has 0 aliphatic rings. The van der Waals surface area contributed by atoms with Crippen LogP contribution in [0.4, 0.5) is 0 Å². The number of phenolic OH excluding ortho intramolecular Hbond substituents is 1. The topological polar surface area (TPSA) is 77.2 Å². The number of aromatic hydroxyl groups is 1. The largest absolute Gasteiger partial charge is 0.507 e. The Hall–Kier alpha value is -3.15. The lowest BCUT2D eigenvalue weighted by Gasteiger charge is -2.09. The molecule has 0 bridgehead atoms. The maximum atomic E-state index is 12.1. The van der Waals surface area contributed by atoms with Gasteiger partial charge in [0, 0.05) is 6.07 Å². The molecule has 0 amide bonds. The van der Waals surface area contributed by atoms with Gasteiger partial charge in [-0.1, -0.05) is 30.3 Å². The Bertz CT molecular complexity index is 786. The number of carbonyl (C=O) groups is 1. The average Bonchev–Trinajstić information content (AvgIpc) is 3.07. The van der Waals surface area contributed by atoms with E-state index in [0.717, 1.165) is 5.56 Å². The van der Waals surface area contributed by atoms with Gasteiger partial charge in [-0.05, 0) is 17.7 Å². The number of ketones is 1. The molecule has 1 heterocycles. The molecule has 0 spiro atoms. The third kappa shape index (κ3) is 3.74. The minimum absolute atomic E-state index is 0.0256. The standard InChI is InChI=1S/C17H15N3O3/c21-16-8-14(23-10-13-4-2-1-3-5-13)6-7-15(16)17(22)9-20-12-18-11-19-20/h1-8,11-12,21H,9-10H2. The maximum absolute atomic E-state index is 12.1. The zero-order valence-corrected chi connectivity index (χ0v) is 12.3. The predicted molar refractivity (Wildman–Crippen MR) is 83.2 cm³/mol. The monoisotopic (exact) mass is 309 g/mol. The Morgan fingerprint density at radius 1 is 1.17 bits per heavy atom. The molecule has 3 aromatic rings. The Kier molecular flexibility index (Phi) is 4.33. The van der Waals surface area contributed by atoms with Crippen LogP contribution >= 0.6 is 0 Å². The second-order valence-corrected chi connectivity index (χ2v) is 4.97. The highest BCUT2D eigenvalue weighted by atomic mass is 16.5. The van der Waals surface area contributed by atoms with Gasteiger partial charge in [0.2, 0.25) is 0 Å². The molecule has 1 N–H and O–H groups in total. The number of hydrogen-bond acceptors (Lipinski definition) is 5. The lowest BCUT2D eigenvalue weighted by Crippen LogP contribution is -2.11. The number of nitrogens with zero attached hydrogens (tertiary/aromatic N) is 3. The Balaban J connectivity index is 1.66. The number of hydrogen-bond donors (Lipinski definition) is 1. The summed E-state index contributed by atoms with van der Waals surface area (Å²) in [4.78, 5) is 15.9. The first-order chi connectivity index (χ1) is 11.2. The SMILES string of the molecule is O=C(Cn1cncn1)c1ccc(OCc2ccccc2)cc1O. The lowest BCUT2D eigenvalue weighted by atomic mass is 10.1. The van der Waals surface area contributed by atoms with E-state index in [1.807, 2.05) is 30.3 Å². The van der Waals surface area contributed by atoms with Gasteiger partial charge in [0.25, 0.3) is 0 Å². The Morgan fingerprint density at radius 2 is 2.00 bits per heavy atom. The molecule has 6 nitrogen and oxygen atoms in total. The van der Waals surface area contributed by atoms with Crippen molar-refractivity contribution >= 4 is 5.78 Å². The number of aromatic nitrogens is 3. The Labute approximate surface area is 133 Å². The van der Waals surface area contributed by atoms with Crippen molar-refractivity contribution in [3.63, 3.8) is 0 Å². The number of Topliss-reactive ketones (excluding diaryl/α,β-unsaturated/α-hetero) is 1. The van der Waals surface area contributed by atoms with Crippen molar-refractivity contribution in [2.75, 3.05) is 0 Å². The van der Waals surface area contributed by atoms with Crippen LogP contribution in [0.15, 0.2) is 61.2 Å². The molecule has 0 atom stereocenters. The molecule has 23 heavy (non-hydrogen) atoms. The summed E-state index contributed by atoms with van der Waals surface area (Å²) in [5.74, 6) is 0.145. The molecule has 0 aliphatic heterocycles. The summed E-state index contributed by atoms with van der Waals surface area (Å²) >= 11 is 0. The molecule has 0 radical (unpaired) electrons. The van der Waals surface area contributed by atoms with E-state index in [4.69, 9.17) is 4.74 Å². The first-order valence-electron chi connectivity index (χ1n) is 7.08. The van der Waals surface area contributed by atoms with Gasteiger partial charge < -0.3 is 9.84 Å². The van der Waals surface area contributed by atoms with Gasteiger partial charge in [-0.2, -0.15) is 5.10 Å². The average molecular weight is 309 g/mol. The van der Waals surface area contributed by atoms with Gasteiger partial charge in [-0.15, -0.1) is 0 Å². The summed E-state index contributed by atoms with van der Waals surface area (Å²) in [5.41, 5.74) is 1.26. The summed E-state index contributed by atoms with van der Waals surface area (Å²) in [7, 11) is 0. The van der Waals surface area contributed by atoms with Crippen molar-refractivity contribution in [3.05, 3.63) is 72.3 Å². The quantitative estimate of drug-likeness (QED) is 0.708. The first kappa shape index (κ1) is 14.8. The van der Waals surface area contributed by atoms with Crippen molar-refractivity contribution in [3.8, 4) is 11.5 Å². The van der Waals surface area contributed by atoms with Crippen molar-refractivity contribution in [1.82, 2.24) is 14.8 Å². The molecule has 0 saturated heterocycles. The van der Waals surface area contributed by atoms with Gasteiger partial charge >= 0.3 is 0 Å². The van der Waals surface area contributed by atoms with Crippen molar-refractivity contribution in [1.29, 1.82) is 0 Å². The van der Waals surface area contributed by atoms with Gasteiger partial charge in [0.15, 0.2) is 5.78 Å². The minimum atomic E-state index is -0.248. The summed E-state index contributed by atoms with van der Waals surface area (Å²) in [6.45, 7) is 0.421. The number of rotatable bonds is 6. The molecule has 0 aliphatic carbocycles. The number of ether oxygens (including phenoxy) is 1. The van der Waals surface area contributed by atoms with E-state index in [1.165, 1.54) is 23.4 Å². The van der Waals surface area contributed by atoms with Crippen LogP contribution in [0.5, 0.6) is 11.5 Å². The summed E-state index contributed by atoms with van der Waals surface area (Å²) in [6, 6.07) is 14.4. The van der Waals surface area contributed by atoms with Crippen LogP contribution in [-0.4, -0.2) is 25.7 Å². The molecule has 6 heteroatoms. The summed E-state index contributed by atoms with van der Waals surface area (Å²) < 4.78 is 7.02. The molecule has 0 fully saturated rings. The highest BCUT2D eigenvalue weighted by Crippen LogP contribution is 2.25. The first-order valence-corrected chi connectivity index (χ1v) is 7.08. The van der Waals surface area contributed by atoms with Gasteiger partial charge in [-0.25, -0.2) is 9.67 Å². The van der Waals surface area contributed by atoms with E-state index in [9.17, 15) is 9.90 Å². The van der Waals surface area contributed by atoms with E-state index in [0.29, 0.717) is 12.4 Å². The Morgan fingerprint density at radius 3 is 2.70 bits per heavy atom. The smallest absolute Gasteiger partial charge is 0.188 e. The van der Waals surface area contributed by atoms with Crippen LogP contribution in [0.3, 0.4) is 0 Å². The molecule has 116 valence electrons. The molecular formula is C17H15N3O3. The highest BCUT2D eigenvalue weighted by molar-refractivity contribution is 5.98. The molecule has 2 aromatic carbocycles. The lowest BCUT2D eigenvalue weighted by molar-refractivity contribution is 0.0965. The van der Waals surface area contributed by atoms with E-state index in [1.54, 1.807) is 12.1 Å². The van der Waals surface area contributed by atoms with Gasteiger partial charge in [-0.3, -0.25) is 4.79 Å². The van der Waals surface area contributed by atoms with E-state index in [-0.39, 0.29) is 23.6 Å². The minimum Gasteiger partial charge on any atom is -0.507 e. The third-order valence-corrected chi connectivity index (χ3v) is 3.29. The van der Waals surface area contributed by atoms with Crippen LogP contribution in [0.1, 0.15) is 15.9 Å². The number of carbonyl (C=O) groups excluding carboxylic acids is 1. The van der Waals surface area contributed by atoms with Crippen molar-refractivity contribution in [2.24, 2.45) is 0 Å². The second kappa shape index (κ2) is 6.74. The zero-order chi connectivity index (χ0) is 16.1. The predicted octanol–water partition coefficient (Wildman–Crippen LogP) is 2.45. The van der Waals surface area contributed by atoms with Crippen LogP contribution in [0.25, 0.3) is 0 Å². The van der Waals surface area contributed by atoms with Crippen LogP contribution in [0.2, 0.25) is 0 Å². The highest BCUT2D eigenvalue weighted by Gasteiger charge is 2.13. The number of benzene rings is 2. The fourth-order valence-corrected chi connectivity index (χ4v) is 2.12. The second-order valence-electron chi connectivity index (χ2n) is 4.97. The normalized spacial score (nSPS) is 10.4. The summed E-state index contributed by atoms with van der Waals surface area (Å²) in [6.07, 6.45) is 2.81. The molecule has 0 saturated carbocycles. The fraction of sp³-hybridized carbons (Fsp3) is 0.118. The van der Waals surface area contributed by atoms with E-state index in [2.05, 4.69) is 10.1 Å². The fourth-order valence-electron chi connectivity index (χ4n) is 2.12. The zero-order valence-electron chi connectivity index (χ0n) is 12.3. The maximum Gasteiger partial charge on any atom is 0.188 e. The van der Waals surface area contributed by atoms with Gasteiger partial charge in [0.05, 0.1) is 5.56 Å². The third-order valence-electron chi connectivity index (χ3n) is 3.29. The molecule has 3 rings (SSSR count).